The number of aliphatic carboxylic acids is 1. The average Bonchev–Trinajstić information content (AvgIpc) is 2.76. The maximum atomic E-state index is 13.0. The molecule has 1 heterocycles. The van der Waals surface area contributed by atoms with E-state index in [1.54, 1.807) is 0 Å². The van der Waals surface area contributed by atoms with Gasteiger partial charge in [0.2, 0.25) is 0 Å². The Bertz CT molecular complexity index is 514. The smallest absolute Gasteiger partial charge is 0.320 e. The number of methoxy groups -OCH3 is 1. The molecular formula is C13H13FO5. The van der Waals surface area contributed by atoms with Gasteiger partial charge in [0.15, 0.2) is 5.92 Å². The van der Waals surface area contributed by atoms with Crippen LogP contribution < -0.4 is 4.74 Å². The maximum absolute atomic E-state index is 13.0. The number of ether oxygens (including phenoxy) is 2. The number of esters is 1. The molecule has 0 bridgehead atoms. The zero-order valence-electron chi connectivity index (χ0n) is 10.3. The normalized spacial score (nSPS) is 18.3. The Labute approximate surface area is 108 Å². The lowest BCUT2D eigenvalue weighted by Gasteiger charge is -2.15. The van der Waals surface area contributed by atoms with Crippen molar-refractivity contribution in [3.8, 4) is 5.75 Å². The van der Waals surface area contributed by atoms with Crippen molar-refractivity contribution in [3.63, 3.8) is 0 Å². The summed E-state index contributed by atoms with van der Waals surface area (Å²) in [4.78, 5) is 22.3. The zero-order valence-corrected chi connectivity index (χ0v) is 10.3. The molecule has 0 saturated carbocycles. The maximum Gasteiger partial charge on any atom is 0.320 e. The predicted molar refractivity (Wildman–Crippen MR) is 62.3 cm³/mol. The highest BCUT2D eigenvalue weighted by Crippen LogP contribution is 2.31. The van der Waals surface area contributed by atoms with Crippen molar-refractivity contribution in [2.24, 2.45) is 5.92 Å². The highest BCUT2D eigenvalue weighted by atomic mass is 19.1. The molecule has 0 aliphatic carbocycles. The van der Waals surface area contributed by atoms with Crippen LogP contribution in [0.2, 0.25) is 0 Å². The summed E-state index contributed by atoms with van der Waals surface area (Å²) in [5.41, 5.74) is 0.680. The second-order valence-corrected chi connectivity index (χ2v) is 4.35. The molecule has 0 radical (unpaired) electrons. The van der Waals surface area contributed by atoms with Crippen LogP contribution in [0.5, 0.6) is 5.75 Å². The van der Waals surface area contributed by atoms with Gasteiger partial charge in [-0.05, 0) is 18.2 Å². The fraction of sp³-hybridized carbons (Fsp3) is 0.385. The van der Waals surface area contributed by atoms with Crippen molar-refractivity contribution in [1.82, 2.24) is 0 Å². The Morgan fingerprint density at radius 2 is 2.32 bits per heavy atom. The third-order valence-electron chi connectivity index (χ3n) is 3.05. The van der Waals surface area contributed by atoms with Crippen LogP contribution in [0.3, 0.4) is 0 Å². The molecule has 1 aromatic rings. The Kier molecular flexibility index (Phi) is 3.69. The minimum absolute atomic E-state index is 0.00168. The first-order valence-corrected chi connectivity index (χ1v) is 5.77. The van der Waals surface area contributed by atoms with Gasteiger partial charge in [-0.2, -0.15) is 0 Å². The second kappa shape index (κ2) is 5.26. The topological polar surface area (TPSA) is 72.8 Å². The van der Waals surface area contributed by atoms with Gasteiger partial charge in [0.25, 0.3) is 0 Å². The van der Waals surface area contributed by atoms with E-state index in [1.165, 1.54) is 18.2 Å². The minimum Gasteiger partial charge on any atom is -0.490 e. The van der Waals surface area contributed by atoms with Crippen LogP contribution in [0.15, 0.2) is 18.2 Å². The number of rotatable bonds is 4. The fourth-order valence-electron chi connectivity index (χ4n) is 2.12. The molecular weight excluding hydrogens is 255 g/mol. The van der Waals surface area contributed by atoms with Crippen LogP contribution in [0, 0.1) is 11.7 Å². The summed E-state index contributed by atoms with van der Waals surface area (Å²) < 4.78 is 23.0. The van der Waals surface area contributed by atoms with Crippen LogP contribution in [0.4, 0.5) is 4.39 Å². The molecule has 2 unspecified atom stereocenters. The number of hydrogen-bond donors (Lipinski definition) is 1. The van der Waals surface area contributed by atoms with E-state index in [2.05, 4.69) is 4.74 Å². The number of benzene rings is 1. The van der Waals surface area contributed by atoms with Crippen molar-refractivity contribution < 1.29 is 28.6 Å². The van der Waals surface area contributed by atoms with E-state index in [0.717, 1.165) is 7.11 Å². The highest BCUT2D eigenvalue weighted by Gasteiger charge is 2.34. The number of carboxylic acid groups (broad SMARTS) is 1. The molecule has 0 spiro atoms. The second-order valence-electron chi connectivity index (χ2n) is 4.35. The first kappa shape index (κ1) is 13.3. The molecule has 0 amide bonds. The van der Waals surface area contributed by atoms with Gasteiger partial charge in [-0.15, -0.1) is 0 Å². The molecule has 1 aliphatic rings. The Morgan fingerprint density at radius 3 is 2.95 bits per heavy atom. The van der Waals surface area contributed by atoms with Crippen LogP contribution in [0.25, 0.3) is 0 Å². The lowest BCUT2D eigenvalue weighted by Crippen LogP contribution is -2.30. The molecule has 0 aromatic heterocycles. The quantitative estimate of drug-likeness (QED) is 0.660. The van der Waals surface area contributed by atoms with Crippen molar-refractivity contribution >= 4 is 11.9 Å². The molecule has 1 aromatic carbocycles. The van der Waals surface area contributed by atoms with E-state index in [0.29, 0.717) is 17.7 Å². The number of carbonyl (C=O) groups excluding carboxylic acids is 1. The minimum atomic E-state index is -1.27. The lowest BCUT2D eigenvalue weighted by atomic mass is 9.98. The SMILES string of the molecule is COC(=O)C(CC1Cc2cc(F)ccc2O1)C(=O)O. The molecule has 5 nitrogen and oxygen atoms in total. The largest absolute Gasteiger partial charge is 0.490 e. The summed E-state index contributed by atoms with van der Waals surface area (Å²) in [7, 11) is 1.14. The van der Waals surface area contributed by atoms with Crippen LogP contribution >= 0.6 is 0 Å². The molecule has 2 rings (SSSR count). The monoisotopic (exact) mass is 268 g/mol. The van der Waals surface area contributed by atoms with Gasteiger partial charge >= 0.3 is 11.9 Å². The van der Waals surface area contributed by atoms with Crippen molar-refractivity contribution in [3.05, 3.63) is 29.6 Å². The number of fused-ring (bicyclic) bond motifs is 1. The zero-order chi connectivity index (χ0) is 14.0. The predicted octanol–water partition coefficient (Wildman–Crippen LogP) is 1.39. The van der Waals surface area contributed by atoms with Gasteiger partial charge in [0, 0.05) is 18.4 Å². The molecule has 0 saturated heterocycles. The van der Waals surface area contributed by atoms with Gasteiger partial charge in [0.1, 0.15) is 17.7 Å². The number of carbonyl (C=O) groups is 2. The number of halogens is 1. The lowest BCUT2D eigenvalue weighted by molar-refractivity contribution is -0.157. The first-order chi connectivity index (χ1) is 9.01. The Hall–Kier alpha value is -2.11. The van der Waals surface area contributed by atoms with E-state index < -0.39 is 24.0 Å². The van der Waals surface area contributed by atoms with Crippen molar-refractivity contribution in [2.75, 3.05) is 7.11 Å². The summed E-state index contributed by atoms with van der Waals surface area (Å²) in [5.74, 6) is -3.17. The summed E-state index contributed by atoms with van der Waals surface area (Å²) in [6.07, 6.45) is -0.0800. The van der Waals surface area contributed by atoms with E-state index in [9.17, 15) is 14.0 Å². The van der Waals surface area contributed by atoms with Gasteiger partial charge < -0.3 is 14.6 Å². The number of carboxylic acids is 1. The molecule has 2 atom stereocenters. The Balaban J connectivity index is 2.06. The number of hydrogen-bond acceptors (Lipinski definition) is 4. The molecule has 6 heteroatoms. The van der Waals surface area contributed by atoms with Crippen LogP contribution in [-0.2, 0) is 20.7 Å². The van der Waals surface area contributed by atoms with E-state index in [4.69, 9.17) is 9.84 Å². The van der Waals surface area contributed by atoms with Gasteiger partial charge in [-0.3, -0.25) is 9.59 Å². The standard InChI is InChI=1S/C13H13FO5/c1-18-13(17)10(12(15)16)6-9-5-7-4-8(14)2-3-11(7)19-9/h2-4,9-10H,5-6H2,1H3,(H,15,16). The van der Waals surface area contributed by atoms with Crippen molar-refractivity contribution in [2.45, 2.75) is 18.9 Å². The molecule has 19 heavy (non-hydrogen) atoms. The fourth-order valence-corrected chi connectivity index (χ4v) is 2.12. The summed E-state index contributed by atoms with van der Waals surface area (Å²) >= 11 is 0. The van der Waals surface area contributed by atoms with E-state index >= 15 is 0 Å². The van der Waals surface area contributed by atoms with Crippen molar-refractivity contribution in [1.29, 1.82) is 0 Å². The van der Waals surface area contributed by atoms with Crippen LogP contribution in [-0.4, -0.2) is 30.3 Å². The third kappa shape index (κ3) is 2.83. The summed E-state index contributed by atoms with van der Waals surface area (Å²) in [6.45, 7) is 0. The van der Waals surface area contributed by atoms with E-state index in [1.807, 2.05) is 0 Å². The molecule has 102 valence electrons. The average molecular weight is 268 g/mol. The van der Waals surface area contributed by atoms with E-state index in [-0.39, 0.29) is 12.2 Å². The first-order valence-electron chi connectivity index (χ1n) is 5.77. The van der Waals surface area contributed by atoms with Gasteiger partial charge in [0.05, 0.1) is 7.11 Å². The Morgan fingerprint density at radius 1 is 1.58 bits per heavy atom. The molecule has 1 aliphatic heterocycles. The van der Waals surface area contributed by atoms with Crippen LogP contribution in [0.1, 0.15) is 12.0 Å². The molecule has 0 fully saturated rings. The molecule has 1 N–H and O–H groups in total. The van der Waals surface area contributed by atoms with Gasteiger partial charge in [-0.25, -0.2) is 4.39 Å². The third-order valence-corrected chi connectivity index (χ3v) is 3.05. The van der Waals surface area contributed by atoms with Gasteiger partial charge in [-0.1, -0.05) is 0 Å². The summed E-state index contributed by atoms with van der Waals surface area (Å²) in [6, 6.07) is 4.12. The summed E-state index contributed by atoms with van der Waals surface area (Å²) in [5, 5.41) is 8.98. The highest BCUT2D eigenvalue weighted by molar-refractivity contribution is 5.93.